The van der Waals surface area contributed by atoms with Crippen molar-refractivity contribution in [2.75, 3.05) is 0 Å². The maximum atomic E-state index is 12.4. The molecule has 4 heteroatoms. The number of phenols is 2. The van der Waals surface area contributed by atoms with E-state index in [9.17, 15) is 15.0 Å². The first-order valence-corrected chi connectivity index (χ1v) is 8.16. The van der Waals surface area contributed by atoms with Gasteiger partial charge in [0.25, 0.3) is 0 Å². The molecule has 2 aromatic rings. The number of phenolic OH excluding ortho intramolecular Hbond substituents is 2. The Morgan fingerprint density at radius 3 is 2.35 bits per heavy atom. The van der Waals surface area contributed by atoms with E-state index in [1.807, 2.05) is 13.0 Å². The number of nitrogens with zero attached hydrogens (tertiary/aromatic N) is 1. The molecule has 0 radical (unpaired) electrons. The second-order valence-electron chi connectivity index (χ2n) is 6.24. The van der Waals surface area contributed by atoms with Gasteiger partial charge in [-0.15, -0.1) is 0 Å². The molecular formula is C22H21NO3. The van der Waals surface area contributed by atoms with Gasteiger partial charge in [-0.05, 0) is 44.5 Å². The summed E-state index contributed by atoms with van der Waals surface area (Å²) in [4.78, 5) is 12.4. The molecule has 0 aliphatic carbocycles. The molecule has 2 rings (SSSR count). The van der Waals surface area contributed by atoms with Gasteiger partial charge in [0.1, 0.15) is 11.5 Å². The summed E-state index contributed by atoms with van der Waals surface area (Å²) in [5, 5.41) is 30.0. The van der Waals surface area contributed by atoms with E-state index in [4.69, 9.17) is 5.26 Å². The van der Waals surface area contributed by atoms with Gasteiger partial charge in [0.05, 0.1) is 11.6 Å². The molecule has 0 aliphatic heterocycles. The molecule has 1 atom stereocenters. The van der Waals surface area contributed by atoms with Crippen LogP contribution in [0.25, 0.3) is 0 Å². The molecule has 132 valence electrons. The normalized spacial score (nSPS) is 12.7. The molecular weight excluding hydrogens is 326 g/mol. The summed E-state index contributed by atoms with van der Waals surface area (Å²) in [5.74, 6) is -0.944. The first-order valence-electron chi connectivity index (χ1n) is 8.16. The summed E-state index contributed by atoms with van der Waals surface area (Å²) in [6.45, 7) is 8.85. The maximum Gasteiger partial charge on any atom is 0.157 e. The van der Waals surface area contributed by atoms with Crippen LogP contribution in [0.3, 0.4) is 0 Å². The van der Waals surface area contributed by atoms with Crippen molar-refractivity contribution < 1.29 is 15.0 Å². The van der Waals surface area contributed by atoms with Gasteiger partial charge in [0, 0.05) is 22.6 Å². The van der Waals surface area contributed by atoms with E-state index in [1.165, 1.54) is 13.0 Å². The quantitative estimate of drug-likeness (QED) is 0.616. The monoisotopic (exact) mass is 347 g/mol. The molecule has 1 unspecified atom stereocenters. The Kier molecular flexibility index (Phi) is 5.64. The molecule has 0 fully saturated rings. The van der Waals surface area contributed by atoms with Crippen molar-refractivity contribution in [3.8, 4) is 17.6 Å². The smallest absolute Gasteiger partial charge is 0.157 e. The van der Waals surface area contributed by atoms with Crippen LogP contribution in [0.1, 0.15) is 42.0 Å². The number of nitriles is 1. The van der Waals surface area contributed by atoms with E-state index in [-0.39, 0.29) is 17.3 Å². The summed E-state index contributed by atoms with van der Waals surface area (Å²) >= 11 is 0. The van der Waals surface area contributed by atoms with Crippen LogP contribution < -0.4 is 0 Å². The molecule has 0 aromatic heterocycles. The SMILES string of the molecule is C=C/C(C)=C(/C(C)=O)C(c1ccc(C#N)cc1O)c1cc(C)ccc1O. The fourth-order valence-electron chi connectivity index (χ4n) is 3.06. The largest absolute Gasteiger partial charge is 0.508 e. The zero-order valence-electron chi connectivity index (χ0n) is 15.1. The number of allylic oxidation sites excluding steroid dienone is 3. The van der Waals surface area contributed by atoms with Gasteiger partial charge < -0.3 is 10.2 Å². The number of Topliss-reactive ketones (excluding diaryl/α,β-unsaturated/α-hetero) is 1. The second kappa shape index (κ2) is 7.71. The summed E-state index contributed by atoms with van der Waals surface area (Å²) in [6.07, 6.45) is 1.58. The highest BCUT2D eigenvalue weighted by atomic mass is 16.3. The molecule has 2 N–H and O–H groups in total. The predicted octanol–water partition coefficient (Wildman–Crippen LogP) is 4.50. The number of carbonyl (C=O) groups is 1. The molecule has 26 heavy (non-hydrogen) atoms. The lowest BCUT2D eigenvalue weighted by Crippen LogP contribution is -2.13. The number of aryl methyl sites for hydroxylation is 1. The third kappa shape index (κ3) is 3.68. The lowest BCUT2D eigenvalue weighted by Gasteiger charge is -2.24. The fraction of sp³-hybridized carbons (Fsp3) is 0.182. The second-order valence-corrected chi connectivity index (χ2v) is 6.24. The van der Waals surface area contributed by atoms with E-state index in [0.29, 0.717) is 27.8 Å². The van der Waals surface area contributed by atoms with E-state index in [2.05, 4.69) is 6.58 Å². The minimum Gasteiger partial charge on any atom is -0.508 e. The van der Waals surface area contributed by atoms with Gasteiger partial charge in [0.15, 0.2) is 5.78 Å². The van der Waals surface area contributed by atoms with Crippen LogP contribution in [0.15, 0.2) is 60.2 Å². The van der Waals surface area contributed by atoms with Crippen molar-refractivity contribution in [3.63, 3.8) is 0 Å². The van der Waals surface area contributed by atoms with Crippen molar-refractivity contribution in [2.45, 2.75) is 26.7 Å². The zero-order valence-corrected chi connectivity index (χ0v) is 15.1. The van der Waals surface area contributed by atoms with Gasteiger partial charge in [0.2, 0.25) is 0 Å². The Morgan fingerprint density at radius 2 is 1.81 bits per heavy atom. The van der Waals surface area contributed by atoms with Crippen molar-refractivity contribution in [1.29, 1.82) is 5.26 Å². The van der Waals surface area contributed by atoms with E-state index < -0.39 is 5.92 Å². The summed E-state index contributed by atoms with van der Waals surface area (Å²) < 4.78 is 0. The van der Waals surface area contributed by atoms with Gasteiger partial charge >= 0.3 is 0 Å². The van der Waals surface area contributed by atoms with Gasteiger partial charge in [-0.3, -0.25) is 4.79 Å². The third-order valence-electron chi connectivity index (χ3n) is 4.36. The van der Waals surface area contributed by atoms with E-state index in [0.717, 1.165) is 5.56 Å². The minimum atomic E-state index is -0.682. The molecule has 0 saturated heterocycles. The lowest BCUT2D eigenvalue weighted by atomic mass is 9.79. The number of hydrogen-bond donors (Lipinski definition) is 2. The molecule has 0 amide bonds. The number of benzene rings is 2. The summed E-state index contributed by atoms with van der Waals surface area (Å²) in [6, 6.07) is 11.7. The van der Waals surface area contributed by atoms with Crippen LogP contribution in [-0.4, -0.2) is 16.0 Å². The van der Waals surface area contributed by atoms with Crippen LogP contribution in [0.5, 0.6) is 11.5 Å². The summed E-state index contributed by atoms with van der Waals surface area (Å²) in [7, 11) is 0. The van der Waals surface area contributed by atoms with Crippen molar-refractivity contribution in [1.82, 2.24) is 0 Å². The number of hydrogen-bond acceptors (Lipinski definition) is 4. The van der Waals surface area contributed by atoms with Crippen molar-refractivity contribution in [3.05, 3.63) is 82.5 Å². The number of carbonyl (C=O) groups excluding carboxylic acids is 1. The number of ketones is 1. The van der Waals surface area contributed by atoms with Crippen LogP contribution >= 0.6 is 0 Å². The summed E-state index contributed by atoms with van der Waals surface area (Å²) in [5.41, 5.74) is 3.27. The Labute approximate surface area is 153 Å². The van der Waals surface area contributed by atoms with Crippen molar-refractivity contribution in [2.24, 2.45) is 0 Å². The highest BCUT2D eigenvalue weighted by Gasteiger charge is 2.28. The average Bonchev–Trinajstić information content (AvgIpc) is 2.61. The molecule has 0 saturated carbocycles. The zero-order chi connectivity index (χ0) is 19.4. The minimum absolute atomic E-state index is 0.0278. The third-order valence-corrected chi connectivity index (χ3v) is 4.36. The highest BCUT2D eigenvalue weighted by molar-refractivity contribution is 5.97. The van der Waals surface area contributed by atoms with Crippen LogP contribution in [0.2, 0.25) is 0 Å². The van der Waals surface area contributed by atoms with Gasteiger partial charge in [-0.2, -0.15) is 5.26 Å². The first-order chi connectivity index (χ1) is 12.3. The fourth-order valence-corrected chi connectivity index (χ4v) is 3.06. The Morgan fingerprint density at radius 1 is 1.12 bits per heavy atom. The standard InChI is InChI=1S/C22H21NO3/c1-5-14(3)21(15(4)24)22(18-10-13(2)6-9-19(18)25)17-8-7-16(12-23)11-20(17)26/h5-11,22,25-26H,1H2,2-4H3/b21-14-. The maximum absolute atomic E-state index is 12.4. The Hall–Kier alpha value is -3.32. The molecule has 4 nitrogen and oxygen atoms in total. The van der Waals surface area contributed by atoms with E-state index >= 15 is 0 Å². The van der Waals surface area contributed by atoms with E-state index in [1.54, 1.807) is 43.3 Å². The Bertz CT molecular complexity index is 948. The molecule has 2 aromatic carbocycles. The topological polar surface area (TPSA) is 81.3 Å². The molecule has 0 aliphatic rings. The average molecular weight is 347 g/mol. The predicted molar refractivity (Wildman–Crippen MR) is 101 cm³/mol. The van der Waals surface area contributed by atoms with Gasteiger partial charge in [-0.1, -0.05) is 36.4 Å². The Balaban J connectivity index is 2.87. The molecule has 0 spiro atoms. The first kappa shape index (κ1) is 19.0. The van der Waals surface area contributed by atoms with Crippen molar-refractivity contribution >= 4 is 5.78 Å². The van der Waals surface area contributed by atoms with Crippen LogP contribution in [0.4, 0.5) is 0 Å². The highest BCUT2D eigenvalue weighted by Crippen LogP contribution is 2.42. The molecule has 0 heterocycles. The molecule has 0 bridgehead atoms. The van der Waals surface area contributed by atoms with Gasteiger partial charge in [-0.25, -0.2) is 0 Å². The van der Waals surface area contributed by atoms with Crippen LogP contribution in [-0.2, 0) is 4.79 Å². The number of aromatic hydroxyl groups is 2. The lowest BCUT2D eigenvalue weighted by molar-refractivity contribution is -0.113. The number of rotatable bonds is 5. The van der Waals surface area contributed by atoms with Crippen LogP contribution in [0, 0.1) is 18.3 Å².